The van der Waals surface area contributed by atoms with Gasteiger partial charge in [0, 0.05) is 19.6 Å². The van der Waals surface area contributed by atoms with Gasteiger partial charge in [0.25, 0.3) is 0 Å². The van der Waals surface area contributed by atoms with E-state index in [0.29, 0.717) is 19.1 Å². The second-order valence-corrected chi connectivity index (χ2v) is 4.53. The van der Waals surface area contributed by atoms with Gasteiger partial charge in [-0.05, 0) is 25.2 Å². The van der Waals surface area contributed by atoms with E-state index in [4.69, 9.17) is 9.84 Å². The summed E-state index contributed by atoms with van der Waals surface area (Å²) in [5.74, 6) is -0.609. The summed E-state index contributed by atoms with van der Waals surface area (Å²) in [4.78, 5) is 22.0. The van der Waals surface area contributed by atoms with Gasteiger partial charge in [-0.1, -0.05) is 13.8 Å². The zero-order valence-corrected chi connectivity index (χ0v) is 10.9. The minimum absolute atomic E-state index is 0.0157. The number of rotatable bonds is 9. The number of carbonyl (C=O) groups is 2. The van der Waals surface area contributed by atoms with Crippen molar-refractivity contribution in [2.45, 2.75) is 33.6 Å². The molecule has 0 aliphatic carbocycles. The second kappa shape index (κ2) is 8.98. The molecule has 0 fully saturated rings. The van der Waals surface area contributed by atoms with E-state index < -0.39 is 5.97 Å². The van der Waals surface area contributed by atoms with Crippen LogP contribution in [0.3, 0.4) is 0 Å². The van der Waals surface area contributed by atoms with Gasteiger partial charge in [-0.25, -0.2) is 0 Å². The molecule has 0 radical (unpaired) electrons. The third-order valence-electron chi connectivity index (χ3n) is 2.29. The standard InChI is InChI=1S/C12H23NO4/c1-4-17-8-11(14)13-7-10(5-9(2)3)6-12(15)16/h9-10H,4-8H2,1-3H3,(H,13,14)(H,15,16)/t10-/m0/s1. The minimum atomic E-state index is -0.824. The van der Waals surface area contributed by atoms with E-state index >= 15 is 0 Å². The van der Waals surface area contributed by atoms with Crippen molar-refractivity contribution in [1.82, 2.24) is 5.32 Å². The molecule has 0 spiro atoms. The SMILES string of the molecule is CCOCC(=O)NC[C@H](CC(=O)O)CC(C)C. The number of carboxylic acids is 1. The quantitative estimate of drug-likeness (QED) is 0.641. The third-order valence-corrected chi connectivity index (χ3v) is 2.29. The van der Waals surface area contributed by atoms with Crippen molar-refractivity contribution in [3.63, 3.8) is 0 Å². The van der Waals surface area contributed by atoms with Crippen LogP contribution in [0.25, 0.3) is 0 Å². The summed E-state index contributed by atoms with van der Waals surface area (Å²) in [6, 6.07) is 0. The van der Waals surface area contributed by atoms with Gasteiger partial charge in [0.15, 0.2) is 0 Å². The summed E-state index contributed by atoms with van der Waals surface area (Å²) < 4.78 is 4.96. The van der Waals surface area contributed by atoms with Gasteiger partial charge in [0.05, 0.1) is 0 Å². The molecule has 5 heteroatoms. The van der Waals surface area contributed by atoms with Crippen molar-refractivity contribution in [3.05, 3.63) is 0 Å². The van der Waals surface area contributed by atoms with E-state index in [1.165, 1.54) is 0 Å². The normalized spacial score (nSPS) is 12.5. The molecule has 0 aromatic heterocycles. The third kappa shape index (κ3) is 9.81. The molecule has 5 nitrogen and oxygen atoms in total. The van der Waals surface area contributed by atoms with Crippen LogP contribution in [0.15, 0.2) is 0 Å². The predicted molar refractivity (Wildman–Crippen MR) is 64.7 cm³/mol. The Labute approximate surface area is 103 Å². The smallest absolute Gasteiger partial charge is 0.303 e. The summed E-state index contributed by atoms with van der Waals surface area (Å²) in [7, 11) is 0. The van der Waals surface area contributed by atoms with Gasteiger partial charge in [-0.2, -0.15) is 0 Å². The van der Waals surface area contributed by atoms with Gasteiger partial charge >= 0.3 is 5.97 Å². The van der Waals surface area contributed by atoms with Crippen molar-refractivity contribution in [3.8, 4) is 0 Å². The van der Waals surface area contributed by atoms with Crippen LogP contribution < -0.4 is 5.32 Å². The lowest BCUT2D eigenvalue weighted by molar-refractivity contribution is -0.138. The lowest BCUT2D eigenvalue weighted by Gasteiger charge is -2.17. The fourth-order valence-electron chi connectivity index (χ4n) is 1.66. The number of carbonyl (C=O) groups excluding carboxylic acids is 1. The maximum Gasteiger partial charge on any atom is 0.303 e. The van der Waals surface area contributed by atoms with E-state index in [2.05, 4.69) is 5.32 Å². The average molecular weight is 245 g/mol. The van der Waals surface area contributed by atoms with Crippen molar-refractivity contribution >= 4 is 11.9 Å². The number of amides is 1. The number of carboxylic acid groups (broad SMARTS) is 1. The first-order chi connectivity index (χ1) is 7.95. The van der Waals surface area contributed by atoms with Crippen molar-refractivity contribution < 1.29 is 19.4 Å². The second-order valence-electron chi connectivity index (χ2n) is 4.53. The van der Waals surface area contributed by atoms with Crippen LogP contribution in [-0.4, -0.2) is 36.7 Å². The van der Waals surface area contributed by atoms with Crippen LogP contribution in [0.1, 0.15) is 33.6 Å². The van der Waals surface area contributed by atoms with Crippen LogP contribution >= 0.6 is 0 Å². The highest BCUT2D eigenvalue weighted by atomic mass is 16.5. The molecule has 0 saturated carbocycles. The monoisotopic (exact) mass is 245 g/mol. The van der Waals surface area contributed by atoms with E-state index in [0.717, 1.165) is 6.42 Å². The predicted octanol–water partition coefficient (Wildman–Crippen LogP) is 1.28. The van der Waals surface area contributed by atoms with Gasteiger partial charge < -0.3 is 15.2 Å². The first-order valence-electron chi connectivity index (χ1n) is 6.01. The molecule has 2 N–H and O–H groups in total. The minimum Gasteiger partial charge on any atom is -0.481 e. The maximum atomic E-state index is 11.3. The summed E-state index contributed by atoms with van der Waals surface area (Å²) in [6.07, 6.45) is 0.883. The molecule has 0 aliphatic rings. The molecule has 0 unspecified atom stereocenters. The highest BCUT2D eigenvalue weighted by Gasteiger charge is 2.15. The largest absolute Gasteiger partial charge is 0.481 e. The molecule has 0 aromatic rings. The molecule has 0 aromatic carbocycles. The van der Waals surface area contributed by atoms with Crippen molar-refractivity contribution in [1.29, 1.82) is 0 Å². The zero-order chi connectivity index (χ0) is 13.3. The highest BCUT2D eigenvalue weighted by Crippen LogP contribution is 2.14. The van der Waals surface area contributed by atoms with Crippen LogP contribution in [0.5, 0.6) is 0 Å². The Kier molecular flexibility index (Phi) is 8.40. The lowest BCUT2D eigenvalue weighted by Crippen LogP contribution is -2.33. The summed E-state index contributed by atoms with van der Waals surface area (Å²) in [5, 5.41) is 11.5. The lowest BCUT2D eigenvalue weighted by atomic mass is 9.94. The summed E-state index contributed by atoms with van der Waals surface area (Å²) in [6.45, 7) is 6.83. The molecule has 1 atom stereocenters. The molecule has 0 rings (SSSR count). The number of ether oxygens (including phenoxy) is 1. The van der Waals surface area contributed by atoms with Gasteiger partial charge in [0.1, 0.15) is 6.61 Å². The fraction of sp³-hybridized carbons (Fsp3) is 0.833. The zero-order valence-electron chi connectivity index (χ0n) is 10.9. The molecule has 0 aliphatic heterocycles. The van der Waals surface area contributed by atoms with Crippen molar-refractivity contribution in [2.24, 2.45) is 11.8 Å². The Morgan fingerprint density at radius 1 is 1.35 bits per heavy atom. The molecular weight excluding hydrogens is 222 g/mol. The van der Waals surface area contributed by atoms with Gasteiger partial charge in [-0.3, -0.25) is 9.59 Å². The number of hydrogen-bond donors (Lipinski definition) is 2. The van der Waals surface area contributed by atoms with Crippen molar-refractivity contribution in [2.75, 3.05) is 19.8 Å². The molecule has 17 heavy (non-hydrogen) atoms. The highest BCUT2D eigenvalue weighted by molar-refractivity contribution is 5.77. The average Bonchev–Trinajstić information content (AvgIpc) is 2.21. The first-order valence-corrected chi connectivity index (χ1v) is 6.01. The van der Waals surface area contributed by atoms with Crippen LogP contribution in [0, 0.1) is 11.8 Å². The Balaban J connectivity index is 3.97. The van der Waals surface area contributed by atoms with Gasteiger partial charge in [0.2, 0.25) is 5.91 Å². The Morgan fingerprint density at radius 2 is 2.00 bits per heavy atom. The Morgan fingerprint density at radius 3 is 2.47 bits per heavy atom. The summed E-state index contributed by atoms with van der Waals surface area (Å²) in [5.41, 5.74) is 0. The van der Waals surface area contributed by atoms with E-state index in [1.54, 1.807) is 0 Å². The van der Waals surface area contributed by atoms with E-state index in [-0.39, 0.29) is 24.9 Å². The Hall–Kier alpha value is -1.10. The van der Waals surface area contributed by atoms with Crippen LogP contribution in [-0.2, 0) is 14.3 Å². The number of aliphatic carboxylic acids is 1. The molecule has 100 valence electrons. The molecule has 0 saturated heterocycles. The maximum absolute atomic E-state index is 11.3. The fourth-order valence-corrected chi connectivity index (χ4v) is 1.66. The summed E-state index contributed by atoms with van der Waals surface area (Å²) >= 11 is 0. The van der Waals surface area contributed by atoms with E-state index in [1.807, 2.05) is 20.8 Å². The first kappa shape index (κ1) is 15.9. The van der Waals surface area contributed by atoms with Gasteiger partial charge in [-0.15, -0.1) is 0 Å². The van der Waals surface area contributed by atoms with Crippen LogP contribution in [0.4, 0.5) is 0 Å². The number of nitrogens with one attached hydrogen (secondary N) is 1. The topological polar surface area (TPSA) is 75.6 Å². The molecular formula is C12H23NO4. The van der Waals surface area contributed by atoms with E-state index in [9.17, 15) is 9.59 Å². The number of hydrogen-bond acceptors (Lipinski definition) is 3. The van der Waals surface area contributed by atoms with Crippen LogP contribution in [0.2, 0.25) is 0 Å². The molecule has 0 heterocycles. The molecule has 0 bridgehead atoms. The Bertz CT molecular complexity index is 241. The molecule has 1 amide bonds.